The van der Waals surface area contributed by atoms with Crippen LogP contribution in [0.15, 0.2) is 43.0 Å². The van der Waals surface area contributed by atoms with E-state index in [-0.39, 0.29) is 11.8 Å². The van der Waals surface area contributed by atoms with Gasteiger partial charge in [0.1, 0.15) is 12.7 Å². The molecular weight excluding hydrogens is 266 g/mol. The number of nitrogens with zero attached hydrogens (tertiary/aromatic N) is 3. The Morgan fingerprint density at radius 2 is 2.29 bits per heavy atom. The van der Waals surface area contributed by atoms with Crippen molar-refractivity contribution >= 4 is 16.8 Å². The van der Waals surface area contributed by atoms with Gasteiger partial charge in [-0.05, 0) is 17.5 Å². The van der Waals surface area contributed by atoms with E-state index in [4.69, 9.17) is 0 Å². The Kier molecular flexibility index (Phi) is 3.68. The lowest BCUT2D eigenvalue weighted by atomic mass is 10.1. The molecule has 0 aliphatic rings. The Hall–Kier alpha value is -2.63. The topological polar surface area (TPSA) is 75.6 Å². The summed E-state index contributed by atoms with van der Waals surface area (Å²) in [7, 11) is 0. The second-order valence-electron chi connectivity index (χ2n) is 5.12. The average molecular weight is 283 g/mol. The molecule has 0 saturated carbocycles. The van der Waals surface area contributed by atoms with E-state index in [1.54, 1.807) is 11.0 Å². The zero-order valence-corrected chi connectivity index (χ0v) is 11.8. The molecule has 0 radical (unpaired) electrons. The molecule has 1 atom stereocenters. The van der Waals surface area contributed by atoms with Gasteiger partial charge in [0.25, 0.3) is 0 Å². The Balaban J connectivity index is 1.57. The number of aromatic amines is 1. The summed E-state index contributed by atoms with van der Waals surface area (Å²) >= 11 is 0. The van der Waals surface area contributed by atoms with E-state index in [1.165, 1.54) is 6.33 Å². The molecule has 1 amide bonds. The second-order valence-corrected chi connectivity index (χ2v) is 5.12. The van der Waals surface area contributed by atoms with Gasteiger partial charge in [-0.3, -0.25) is 9.48 Å². The zero-order chi connectivity index (χ0) is 14.7. The van der Waals surface area contributed by atoms with Gasteiger partial charge in [0.2, 0.25) is 5.91 Å². The molecule has 1 aromatic carbocycles. The van der Waals surface area contributed by atoms with Crippen molar-refractivity contribution in [3.05, 3.63) is 48.7 Å². The summed E-state index contributed by atoms with van der Waals surface area (Å²) in [5.74, 6) is -0.153. The van der Waals surface area contributed by atoms with Crippen molar-refractivity contribution in [3.8, 4) is 0 Å². The third-order valence-corrected chi connectivity index (χ3v) is 3.41. The highest BCUT2D eigenvalue weighted by Gasteiger charge is 2.13. The maximum absolute atomic E-state index is 12.1. The van der Waals surface area contributed by atoms with Crippen molar-refractivity contribution in [2.24, 2.45) is 5.92 Å². The fraction of sp³-hybridized carbons (Fsp3) is 0.267. The lowest BCUT2D eigenvalue weighted by Gasteiger charge is -2.11. The highest BCUT2D eigenvalue weighted by molar-refractivity contribution is 5.81. The number of aromatic nitrogens is 4. The lowest BCUT2D eigenvalue weighted by molar-refractivity contribution is -0.125. The van der Waals surface area contributed by atoms with Gasteiger partial charge in [-0.2, -0.15) is 5.10 Å². The van der Waals surface area contributed by atoms with Crippen LogP contribution in [-0.2, 0) is 17.9 Å². The first-order chi connectivity index (χ1) is 10.2. The number of nitrogens with one attached hydrogen (secondary N) is 2. The fourth-order valence-corrected chi connectivity index (χ4v) is 2.28. The predicted octanol–water partition coefficient (Wildman–Crippen LogP) is 1.71. The fourth-order valence-electron chi connectivity index (χ4n) is 2.28. The Morgan fingerprint density at radius 1 is 1.43 bits per heavy atom. The molecule has 108 valence electrons. The normalized spacial score (nSPS) is 12.4. The van der Waals surface area contributed by atoms with Crippen LogP contribution in [0.3, 0.4) is 0 Å². The number of rotatable bonds is 5. The first kappa shape index (κ1) is 13.4. The van der Waals surface area contributed by atoms with Crippen molar-refractivity contribution in [2.75, 3.05) is 0 Å². The van der Waals surface area contributed by atoms with Crippen LogP contribution in [0.4, 0.5) is 0 Å². The monoisotopic (exact) mass is 283 g/mol. The van der Waals surface area contributed by atoms with Gasteiger partial charge in [0.05, 0.1) is 19.0 Å². The molecule has 3 aromatic rings. The van der Waals surface area contributed by atoms with Gasteiger partial charge in [-0.25, -0.2) is 4.98 Å². The van der Waals surface area contributed by atoms with E-state index in [1.807, 2.05) is 31.2 Å². The van der Waals surface area contributed by atoms with Crippen molar-refractivity contribution in [2.45, 2.75) is 20.0 Å². The lowest BCUT2D eigenvalue weighted by Crippen LogP contribution is -2.31. The predicted molar refractivity (Wildman–Crippen MR) is 79.3 cm³/mol. The molecule has 0 fully saturated rings. The van der Waals surface area contributed by atoms with E-state index in [2.05, 4.69) is 26.4 Å². The van der Waals surface area contributed by atoms with Crippen molar-refractivity contribution in [1.29, 1.82) is 0 Å². The first-order valence-electron chi connectivity index (χ1n) is 6.89. The first-order valence-corrected chi connectivity index (χ1v) is 6.89. The molecule has 0 aliphatic heterocycles. The summed E-state index contributed by atoms with van der Waals surface area (Å²) in [6.07, 6.45) is 3.08. The molecule has 0 saturated heterocycles. The summed E-state index contributed by atoms with van der Waals surface area (Å²) in [5, 5.41) is 8.10. The highest BCUT2D eigenvalue weighted by atomic mass is 16.1. The van der Waals surface area contributed by atoms with Gasteiger partial charge in [-0.15, -0.1) is 0 Å². The van der Waals surface area contributed by atoms with Gasteiger partial charge < -0.3 is 10.3 Å². The number of amides is 1. The van der Waals surface area contributed by atoms with Crippen LogP contribution in [-0.4, -0.2) is 25.7 Å². The number of benzene rings is 1. The molecule has 6 nitrogen and oxygen atoms in total. The van der Waals surface area contributed by atoms with E-state index >= 15 is 0 Å². The number of carbonyl (C=O) groups is 1. The Labute approximate surface area is 122 Å². The van der Waals surface area contributed by atoms with Crippen LogP contribution in [0.2, 0.25) is 0 Å². The molecular formula is C15H17N5O. The smallest absolute Gasteiger partial charge is 0.225 e. The third kappa shape index (κ3) is 3.10. The molecule has 0 spiro atoms. The van der Waals surface area contributed by atoms with E-state index in [9.17, 15) is 4.79 Å². The maximum Gasteiger partial charge on any atom is 0.225 e. The summed E-state index contributed by atoms with van der Waals surface area (Å²) < 4.78 is 1.66. The number of fused-ring (bicyclic) bond motifs is 1. The van der Waals surface area contributed by atoms with Gasteiger partial charge in [-0.1, -0.05) is 25.1 Å². The molecule has 0 bridgehead atoms. The van der Waals surface area contributed by atoms with Crippen LogP contribution in [0.25, 0.3) is 10.9 Å². The summed E-state index contributed by atoms with van der Waals surface area (Å²) in [4.78, 5) is 19.2. The van der Waals surface area contributed by atoms with E-state index in [0.29, 0.717) is 13.1 Å². The zero-order valence-electron chi connectivity index (χ0n) is 11.8. The molecule has 2 N–H and O–H groups in total. The Morgan fingerprint density at radius 3 is 3.05 bits per heavy atom. The van der Waals surface area contributed by atoms with Crippen LogP contribution in [0.5, 0.6) is 0 Å². The third-order valence-electron chi connectivity index (χ3n) is 3.41. The maximum atomic E-state index is 12.1. The van der Waals surface area contributed by atoms with Crippen LogP contribution < -0.4 is 5.32 Å². The molecule has 0 unspecified atom stereocenters. The Bertz CT molecular complexity index is 698. The second kappa shape index (κ2) is 5.78. The minimum absolute atomic E-state index is 0.00385. The number of hydrogen-bond donors (Lipinski definition) is 2. The van der Waals surface area contributed by atoms with Crippen molar-refractivity contribution in [1.82, 2.24) is 25.1 Å². The van der Waals surface area contributed by atoms with Crippen molar-refractivity contribution < 1.29 is 4.79 Å². The molecule has 0 aliphatic carbocycles. The number of hydrogen-bond acceptors (Lipinski definition) is 3. The summed E-state index contributed by atoms with van der Waals surface area (Å²) in [6, 6.07) is 10.1. The average Bonchev–Trinajstić information content (AvgIpc) is 3.13. The van der Waals surface area contributed by atoms with Crippen molar-refractivity contribution in [3.63, 3.8) is 0 Å². The highest BCUT2D eigenvalue weighted by Crippen LogP contribution is 2.14. The minimum atomic E-state index is -0.156. The SMILES string of the molecule is C[C@@H](Cn1cncn1)C(=O)NCc1cc2ccccc2[nH]1. The van der Waals surface area contributed by atoms with Gasteiger partial charge in [0.15, 0.2) is 0 Å². The van der Waals surface area contributed by atoms with Crippen LogP contribution >= 0.6 is 0 Å². The molecule has 2 heterocycles. The largest absolute Gasteiger partial charge is 0.357 e. The summed E-state index contributed by atoms with van der Waals surface area (Å²) in [6.45, 7) is 2.90. The van der Waals surface area contributed by atoms with E-state index < -0.39 is 0 Å². The standard InChI is InChI=1S/C15H17N5O/c1-11(8-20-10-16-9-18-20)15(21)17-7-13-6-12-4-2-3-5-14(12)19-13/h2-6,9-11,19H,7-8H2,1H3,(H,17,21)/t11-/m0/s1. The van der Waals surface area contributed by atoms with E-state index in [0.717, 1.165) is 16.6 Å². The van der Waals surface area contributed by atoms with Crippen LogP contribution in [0, 0.1) is 5.92 Å². The number of H-pyrrole nitrogens is 1. The molecule has 3 rings (SSSR count). The minimum Gasteiger partial charge on any atom is -0.357 e. The number of carbonyl (C=O) groups excluding carboxylic acids is 1. The van der Waals surface area contributed by atoms with Gasteiger partial charge >= 0.3 is 0 Å². The molecule has 2 aromatic heterocycles. The van der Waals surface area contributed by atoms with Gasteiger partial charge in [0, 0.05) is 11.2 Å². The summed E-state index contributed by atoms with van der Waals surface area (Å²) in [5.41, 5.74) is 2.08. The molecule has 21 heavy (non-hydrogen) atoms. The molecule has 6 heteroatoms. The van der Waals surface area contributed by atoms with Crippen LogP contribution in [0.1, 0.15) is 12.6 Å². The quantitative estimate of drug-likeness (QED) is 0.748. The number of para-hydroxylation sites is 1.